The first kappa shape index (κ1) is 16.2. The quantitative estimate of drug-likeness (QED) is 0.887. The predicted molar refractivity (Wildman–Crippen MR) is 87.0 cm³/mol. The Morgan fingerprint density at radius 3 is 2.59 bits per heavy atom. The molecule has 1 amide bonds. The molecule has 22 heavy (non-hydrogen) atoms. The predicted octanol–water partition coefficient (Wildman–Crippen LogP) is 3.50. The number of amides is 1. The Labute approximate surface area is 131 Å². The number of hydrogen-bond donors (Lipinski definition) is 1. The van der Waals surface area contributed by atoms with Gasteiger partial charge in [0.2, 0.25) is 5.76 Å². The molecule has 0 radical (unpaired) electrons. The molecule has 0 aliphatic rings. The summed E-state index contributed by atoms with van der Waals surface area (Å²) in [6.07, 6.45) is 0.959. The zero-order valence-corrected chi connectivity index (χ0v) is 13.6. The normalized spacial score (nSPS) is 12.4. The van der Waals surface area contributed by atoms with Crippen LogP contribution in [0.3, 0.4) is 0 Å². The third-order valence-corrected chi connectivity index (χ3v) is 3.58. The van der Waals surface area contributed by atoms with Gasteiger partial charge < -0.3 is 14.7 Å². The minimum Gasteiger partial charge on any atom is -0.351 e. The van der Waals surface area contributed by atoms with Crippen molar-refractivity contribution in [3.8, 4) is 0 Å². The minimum absolute atomic E-state index is 0.243. The van der Waals surface area contributed by atoms with Crippen molar-refractivity contribution in [1.29, 1.82) is 0 Å². The fourth-order valence-electron chi connectivity index (χ4n) is 2.09. The molecule has 1 atom stereocenters. The summed E-state index contributed by atoms with van der Waals surface area (Å²) in [5.41, 5.74) is 2.75. The molecule has 0 spiro atoms. The summed E-state index contributed by atoms with van der Waals surface area (Å²) >= 11 is 0. The Morgan fingerprint density at radius 1 is 1.32 bits per heavy atom. The van der Waals surface area contributed by atoms with Gasteiger partial charge in [-0.25, -0.2) is 0 Å². The van der Waals surface area contributed by atoms with E-state index in [1.807, 2.05) is 38.4 Å². The van der Waals surface area contributed by atoms with Gasteiger partial charge in [0.15, 0.2) is 0 Å². The molecule has 5 nitrogen and oxygen atoms in total. The number of rotatable bonds is 6. The Morgan fingerprint density at radius 2 is 2.00 bits per heavy atom. The zero-order valence-electron chi connectivity index (χ0n) is 13.6. The summed E-state index contributed by atoms with van der Waals surface area (Å²) in [6.45, 7) is 5.01. The average molecular weight is 301 g/mol. The molecule has 0 unspecified atom stereocenters. The number of aromatic nitrogens is 1. The number of nitrogens with one attached hydrogen (secondary N) is 1. The van der Waals surface area contributed by atoms with E-state index in [-0.39, 0.29) is 17.6 Å². The monoisotopic (exact) mass is 301 g/mol. The van der Waals surface area contributed by atoms with Crippen LogP contribution in [0.15, 0.2) is 34.9 Å². The van der Waals surface area contributed by atoms with E-state index in [2.05, 4.69) is 29.2 Å². The summed E-state index contributed by atoms with van der Waals surface area (Å²) in [6, 6.07) is 9.50. The standard InChI is InChI=1S/C17H23N3O2/c1-5-12(2)15-10-16(22-19-15)17(21)18-14-8-6-13(7-9-14)11-20(3)4/h6-10,12H,5,11H2,1-4H3,(H,18,21)/t12-/m1/s1. The lowest BCUT2D eigenvalue weighted by molar-refractivity contribution is 0.0988. The molecule has 0 saturated heterocycles. The fraction of sp³-hybridized carbons (Fsp3) is 0.412. The Kier molecular flexibility index (Phi) is 5.33. The lowest BCUT2D eigenvalue weighted by Gasteiger charge is -2.10. The number of nitrogens with zero attached hydrogens (tertiary/aromatic N) is 2. The molecule has 0 fully saturated rings. The third kappa shape index (κ3) is 4.18. The molecule has 5 heteroatoms. The maximum Gasteiger partial charge on any atom is 0.294 e. The van der Waals surface area contributed by atoms with Gasteiger partial charge in [-0.3, -0.25) is 4.79 Å². The van der Waals surface area contributed by atoms with Crippen molar-refractivity contribution < 1.29 is 9.32 Å². The molecule has 0 bridgehead atoms. The van der Waals surface area contributed by atoms with Crippen molar-refractivity contribution in [2.75, 3.05) is 19.4 Å². The topological polar surface area (TPSA) is 58.4 Å². The van der Waals surface area contributed by atoms with Crippen molar-refractivity contribution in [3.05, 3.63) is 47.3 Å². The highest BCUT2D eigenvalue weighted by molar-refractivity contribution is 6.02. The van der Waals surface area contributed by atoms with Crippen LogP contribution in [-0.2, 0) is 6.54 Å². The van der Waals surface area contributed by atoms with Crippen LogP contribution in [0, 0.1) is 0 Å². The molecule has 0 saturated carbocycles. The lowest BCUT2D eigenvalue weighted by atomic mass is 10.1. The second kappa shape index (κ2) is 7.22. The maximum absolute atomic E-state index is 12.1. The SMILES string of the molecule is CC[C@@H](C)c1cc(C(=O)Nc2ccc(CN(C)C)cc2)on1. The maximum atomic E-state index is 12.1. The van der Waals surface area contributed by atoms with Crippen LogP contribution in [0.4, 0.5) is 5.69 Å². The van der Waals surface area contributed by atoms with Crippen LogP contribution in [0.5, 0.6) is 0 Å². The molecule has 1 aromatic heterocycles. The smallest absolute Gasteiger partial charge is 0.294 e. The summed E-state index contributed by atoms with van der Waals surface area (Å²) in [5.74, 6) is 0.255. The fourth-order valence-corrected chi connectivity index (χ4v) is 2.09. The third-order valence-electron chi connectivity index (χ3n) is 3.58. The van der Waals surface area contributed by atoms with E-state index in [9.17, 15) is 4.79 Å². The van der Waals surface area contributed by atoms with E-state index < -0.39 is 0 Å². The first-order valence-corrected chi connectivity index (χ1v) is 7.51. The highest BCUT2D eigenvalue weighted by atomic mass is 16.5. The Bertz CT molecular complexity index is 617. The highest BCUT2D eigenvalue weighted by Gasteiger charge is 2.16. The second-order valence-electron chi connectivity index (χ2n) is 5.81. The van der Waals surface area contributed by atoms with E-state index in [1.165, 1.54) is 5.56 Å². The van der Waals surface area contributed by atoms with Crippen molar-refractivity contribution in [1.82, 2.24) is 10.1 Å². The van der Waals surface area contributed by atoms with Gasteiger partial charge in [0.05, 0.1) is 5.69 Å². The molecule has 1 heterocycles. The van der Waals surface area contributed by atoms with E-state index in [4.69, 9.17) is 4.52 Å². The molecule has 2 rings (SSSR count). The number of carbonyl (C=O) groups is 1. The van der Waals surface area contributed by atoms with Gasteiger partial charge in [0.25, 0.3) is 5.91 Å². The first-order valence-electron chi connectivity index (χ1n) is 7.51. The number of hydrogen-bond acceptors (Lipinski definition) is 4. The van der Waals surface area contributed by atoms with Gasteiger partial charge >= 0.3 is 0 Å². The molecular weight excluding hydrogens is 278 g/mol. The second-order valence-corrected chi connectivity index (χ2v) is 5.81. The molecule has 0 aliphatic heterocycles. The van der Waals surface area contributed by atoms with Crippen molar-refractivity contribution in [2.24, 2.45) is 0 Å². The van der Waals surface area contributed by atoms with Crippen molar-refractivity contribution in [2.45, 2.75) is 32.7 Å². The van der Waals surface area contributed by atoms with Gasteiger partial charge in [-0.2, -0.15) is 0 Å². The van der Waals surface area contributed by atoms with Crippen LogP contribution >= 0.6 is 0 Å². The van der Waals surface area contributed by atoms with E-state index in [1.54, 1.807) is 6.07 Å². The number of anilines is 1. The number of benzene rings is 1. The molecule has 118 valence electrons. The number of carbonyl (C=O) groups excluding carboxylic acids is 1. The molecule has 1 N–H and O–H groups in total. The van der Waals surface area contributed by atoms with Gasteiger partial charge in [-0.15, -0.1) is 0 Å². The molecule has 0 aliphatic carbocycles. The van der Waals surface area contributed by atoms with Crippen LogP contribution in [-0.4, -0.2) is 30.1 Å². The van der Waals surface area contributed by atoms with Gasteiger partial charge in [-0.1, -0.05) is 31.1 Å². The van der Waals surface area contributed by atoms with Crippen molar-refractivity contribution >= 4 is 11.6 Å². The van der Waals surface area contributed by atoms with Gasteiger partial charge in [-0.05, 0) is 38.2 Å². The zero-order chi connectivity index (χ0) is 16.1. The average Bonchev–Trinajstić information content (AvgIpc) is 2.98. The highest BCUT2D eigenvalue weighted by Crippen LogP contribution is 2.19. The lowest BCUT2D eigenvalue weighted by Crippen LogP contribution is -2.12. The molecule has 2 aromatic rings. The summed E-state index contributed by atoms with van der Waals surface area (Å²) in [7, 11) is 4.04. The first-order chi connectivity index (χ1) is 10.5. The largest absolute Gasteiger partial charge is 0.351 e. The van der Waals surface area contributed by atoms with E-state index in [0.717, 1.165) is 24.3 Å². The van der Waals surface area contributed by atoms with Gasteiger partial charge in [0, 0.05) is 24.2 Å². The van der Waals surface area contributed by atoms with Crippen LogP contribution in [0.1, 0.15) is 48.0 Å². The molecule has 1 aromatic carbocycles. The van der Waals surface area contributed by atoms with Gasteiger partial charge in [0.1, 0.15) is 0 Å². The summed E-state index contributed by atoms with van der Waals surface area (Å²) in [5, 5.41) is 6.78. The molecular formula is C17H23N3O2. The minimum atomic E-state index is -0.276. The summed E-state index contributed by atoms with van der Waals surface area (Å²) in [4.78, 5) is 14.2. The van der Waals surface area contributed by atoms with Crippen LogP contribution < -0.4 is 5.32 Å². The van der Waals surface area contributed by atoms with Crippen LogP contribution in [0.2, 0.25) is 0 Å². The Hall–Kier alpha value is -2.14. The van der Waals surface area contributed by atoms with E-state index in [0.29, 0.717) is 0 Å². The van der Waals surface area contributed by atoms with E-state index >= 15 is 0 Å². The van der Waals surface area contributed by atoms with Crippen LogP contribution in [0.25, 0.3) is 0 Å². The van der Waals surface area contributed by atoms with Crippen molar-refractivity contribution in [3.63, 3.8) is 0 Å². The summed E-state index contributed by atoms with van der Waals surface area (Å²) < 4.78 is 5.13. The Balaban J connectivity index is 2.01.